The van der Waals surface area contributed by atoms with Crippen molar-refractivity contribution in [1.82, 2.24) is 0 Å². The van der Waals surface area contributed by atoms with E-state index in [9.17, 15) is 0 Å². The molecule has 2 N–H and O–H groups in total. The number of rotatable bonds is 1. The second-order valence-electron chi connectivity index (χ2n) is 4.53. The molecule has 0 saturated carbocycles. The summed E-state index contributed by atoms with van der Waals surface area (Å²) < 4.78 is 0. The molecule has 0 aliphatic carbocycles. The van der Waals surface area contributed by atoms with Crippen molar-refractivity contribution in [3.63, 3.8) is 0 Å². The van der Waals surface area contributed by atoms with E-state index in [0.717, 1.165) is 12.1 Å². The molecule has 0 aliphatic heterocycles. The maximum Gasteiger partial charge on any atom is 0.0354 e. The van der Waals surface area contributed by atoms with Gasteiger partial charge in [0, 0.05) is 5.69 Å². The smallest absolute Gasteiger partial charge is 0.0354 e. The minimum Gasteiger partial charge on any atom is -0.398 e. The van der Waals surface area contributed by atoms with Gasteiger partial charge >= 0.3 is 0 Å². The largest absolute Gasteiger partial charge is 0.398 e. The van der Waals surface area contributed by atoms with Gasteiger partial charge in [-0.05, 0) is 29.0 Å². The zero-order valence-electron chi connectivity index (χ0n) is 9.02. The standard InChI is InChI=1S/C12H19N/c1-5-9-6-7-10(11(13)8-9)12(2,3)4/h6-8H,5,13H2,1-4H3. The van der Waals surface area contributed by atoms with E-state index >= 15 is 0 Å². The molecule has 13 heavy (non-hydrogen) atoms. The molecule has 0 unspecified atom stereocenters. The molecule has 0 saturated heterocycles. The van der Waals surface area contributed by atoms with Crippen molar-refractivity contribution in [2.75, 3.05) is 5.73 Å². The number of nitrogen functional groups attached to an aromatic ring is 1. The Kier molecular flexibility index (Phi) is 2.65. The summed E-state index contributed by atoms with van der Waals surface area (Å²) in [6.07, 6.45) is 1.05. The van der Waals surface area contributed by atoms with Crippen LogP contribution >= 0.6 is 0 Å². The molecule has 0 atom stereocenters. The minimum atomic E-state index is 0.149. The van der Waals surface area contributed by atoms with Crippen molar-refractivity contribution in [3.05, 3.63) is 29.3 Å². The van der Waals surface area contributed by atoms with E-state index in [1.54, 1.807) is 0 Å². The highest BCUT2D eigenvalue weighted by Gasteiger charge is 2.16. The van der Waals surface area contributed by atoms with Crippen molar-refractivity contribution in [1.29, 1.82) is 0 Å². The maximum absolute atomic E-state index is 5.98. The Morgan fingerprint density at radius 3 is 2.23 bits per heavy atom. The van der Waals surface area contributed by atoms with E-state index in [-0.39, 0.29) is 5.41 Å². The van der Waals surface area contributed by atoms with Crippen LogP contribution < -0.4 is 5.73 Å². The number of nitrogens with two attached hydrogens (primary N) is 1. The third-order valence-corrected chi connectivity index (χ3v) is 2.33. The topological polar surface area (TPSA) is 26.0 Å². The van der Waals surface area contributed by atoms with Crippen molar-refractivity contribution >= 4 is 5.69 Å². The van der Waals surface area contributed by atoms with Crippen LogP contribution in [0.4, 0.5) is 5.69 Å². The molecule has 0 amide bonds. The van der Waals surface area contributed by atoms with E-state index in [4.69, 9.17) is 5.73 Å². The van der Waals surface area contributed by atoms with E-state index in [0.29, 0.717) is 0 Å². The first-order chi connectivity index (χ1) is 5.95. The zero-order chi connectivity index (χ0) is 10.1. The summed E-state index contributed by atoms with van der Waals surface area (Å²) in [6.45, 7) is 8.70. The molecule has 1 nitrogen and oxygen atoms in total. The van der Waals surface area contributed by atoms with Gasteiger partial charge in [-0.1, -0.05) is 39.8 Å². The molecular weight excluding hydrogens is 158 g/mol. The Morgan fingerprint density at radius 1 is 1.23 bits per heavy atom. The second-order valence-corrected chi connectivity index (χ2v) is 4.53. The maximum atomic E-state index is 5.98. The molecular formula is C12H19N. The quantitative estimate of drug-likeness (QED) is 0.655. The summed E-state index contributed by atoms with van der Waals surface area (Å²) in [5, 5.41) is 0. The highest BCUT2D eigenvalue weighted by molar-refractivity contribution is 5.52. The van der Waals surface area contributed by atoms with Crippen LogP contribution in [0.25, 0.3) is 0 Å². The van der Waals surface area contributed by atoms with Crippen LogP contribution in [-0.4, -0.2) is 0 Å². The summed E-state index contributed by atoms with van der Waals surface area (Å²) in [5.74, 6) is 0. The molecule has 1 heteroatoms. The fraction of sp³-hybridized carbons (Fsp3) is 0.500. The van der Waals surface area contributed by atoms with Gasteiger partial charge < -0.3 is 5.73 Å². The number of hydrogen-bond donors (Lipinski definition) is 1. The Labute approximate surface area is 81.0 Å². The first-order valence-electron chi connectivity index (χ1n) is 4.84. The third-order valence-electron chi connectivity index (χ3n) is 2.33. The normalized spacial score (nSPS) is 11.7. The molecule has 1 aromatic carbocycles. The summed E-state index contributed by atoms with van der Waals surface area (Å²) >= 11 is 0. The summed E-state index contributed by atoms with van der Waals surface area (Å²) in [4.78, 5) is 0. The van der Waals surface area contributed by atoms with Gasteiger partial charge in [-0.15, -0.1) is 0 Å². The number of aryl methyl sites for hydroxylation is 1. The van der Waals surface area contributed by atoms with Gasteiger partial charge in [-0.25, -0.2) is 0 Å². The average molecular weight is 177 g/mol. The van der Waals surface area contributed by atoms with Crippen molar-refractivity contribution in [2.45, 2.75) is 39.5 Å². The van der Waals surface area contributed by atoms with Crippen LogP contribution in [0.3, 0.4) is 0 Å². The van der Waals surface area contributed by atoms with Gasteiger partial charge in [0.15, 0.2) is 0 Å². The Balaban J connectivity index is 3.13. The van der Waals surface area contributed by atoms with Crippen LogP contribution in [-0.2, 0) is 11.8 Å². The summed E-state index contributed by atoms with van der Waals surface area (Å²) in [5.41, 5.74) is 9.61. The second kappa shape index (κ2) is 3.41. The fourth-order valence-corrected chi connectivity index (χ4v) is 1.52. The van der Waals surface area contributed by atoms with E-state index in [2.05, 4.69) is 45.9 Å². The molecule has 0 spiro atoms. The number of anilines is 1. The van der Waals surface area contributed by atoms with Crippen LogP contribution in [0, 0.1) is 0 Å². The Morgan fingerprint density at radius 2 is 1.85 bits per heavy atom. The third kappa shape index (κ3) is 2.24. The van der Waals surface area contributed by atoms with E-state index in [1.807, 2.05) is 0 Å². The first-order valence-corrected chi connectivity index (χ1v) is 4.84. The number of hydrogen-bond acceptors (Lipinski definition) is 1. The predicted octanol–water partition coefficient (Wildman–Crippen LogP) is 3.13. The monoisotopic (exact) mass is 177 g/mol. The molecule has 0 heterocycles. The van der Waals surface area contributed by atoms with Gasteiger partial charge in [-0.3, -0.25) is 0 Å². The van der Waals surface area contributed by atoms with Crippen LogP contribution in [0.1, 0.15) is 38.8 Å². The van der Waals surface area contributed by atoms with Crippen LogP contribution in [0.5, 0.6) is 0 Å². The predicted molar refractivity (Wildman–Crippen MR) is 58.9 cm³/mol. The highest BCUT2D eigenvalue weighted by atomic mass is 14.6. The van der Waals surface area contributed by atoms with E-state index < -0.39 is 0 Å². The van der Waals surface area contributed by atoms with Crippen molar-refractivity contribution < 1.29 is 0 Å². The van der Waals surface area contributed by atoms with Gasteiger partial charge in [0.1, 0.15) is 0 Å². The molecule has 0 aliphatic rings. The molecule has 72 valence electrons. The molecule has 0 bridgehead atoms. The lowest BCUT2D eigenvalue weighted by molar-refractivity contribution is 0.592. The zero-order valence-corrected chi connectivity index (χ0v) is 9.02. The first kappa shape index (κ1) is 10.1. The average Bonchev–Trinajstić information content (AvgIpc) is 2.01. The molecule has 1 aromatic rings. The fourth-order valence-electron chi connectivity index (χ4n) is 1.52. The van der Waals surface area contributed by atoms with Crippen molar-refractivity contribution in [2.24, 2.45) is 0 Å². The highest BCUT2D eigenvalue weighted by Crippen LogP contribution is 2.28. The molecule has 0 fully saturated rings. The Bertz CT molecular complexity index is 294. The van der Waals surface area contributed by atoms with Gasteiger partial charge in [0.25, 0.3) is 0 Å². The SMILES string of the molecule is CCc1ccc(C(C)(C)C)c(N)c1. The van der Waals surface area contributed by atoms with Crippen LogP contribution in [0.2, 0.25) is 0 Å². The Hall–Kier alpha value is -0.980. The summed E-state index contributed by atoms with van der Waals surface area (Å²) in [6, 6.07) is 6.39. The van der Waals surface area contributed by atoms with Crippen molar-refractivity contribution in [3.8, 4) is 0 Å². The van der Waals surface area contributed by atoms with E-state index in [1.165, 1.54) is 11.1 Å². The van der Waals surface area contributed by atoms with Gasteiger partial charge in [0.05, 0.1) is 0 Å². The minimum absolute atomic E-state index is 0.149. The number of benzene rings is 1. The van der Waals surface area contributed by atoms with Crippen LogP contribution in [0.15, 0.2) is 18.2 Å². The molecule has 0 radical (unpaired) electrons. The lowest BCUT2D eigenvalue weighted by atomic mass is 9.85. The summed E-state index contributed by atoms with van der Waals surface area (Å²) in [7, 11) is 0. The van der Waals surface area contributed by atoms with Gasteiger partial charge in [-0.2, -0.15) is 0 Å². The lowest BCUT2D eigenvalue weighted by Gasteiger charge is -2.21. The van der Waals surface area contributed by atoms with Gasteiger partial charge in [0.2, 0.25) is 0 Å². The molecule has 1 rings (SSSR count). The molecule has 0 aromatic heterocycles. The lowest BCUT2D eigenvalue weighted by Crippen LogP contribution is -2.13.